The van der Waals surface area contributed by atoms with E-state index in [2.05, 4.69) is 15.4 Å². The lowest BCUT2D eigenvalue weighted by atomic mass is 10.1. The summed E-state index contributed by atoms with van der Waals surface area (Å²) in [4.78, 5) is 11.5. The molecule has 0 aliphatic rings. The minimum Gasteiger partial charge on any atom is -0.461 e. The van der Waals surface area contributed by atoms with Crippen molar-refractivity contribution in [2.75, 3.05) is 6.61 Å². The zero-order valence-electron chi connectivity index (χ0n) is 9.71. The highest BCUT2D eigenvalue weighted by Crippen LogP contribution is 2.24. The van der Waals surface area contributed by atoms with Gasteiger partial charge in [-0.2, -0.15) is 10.3 Å². The van der Waals surface area contributed by atoms with Crippen LogP contribution < -0.4 is 0 Å². The summed E-state index contributed by atoms with van der Waals surface area (Å²) in [5, 5.41) is 9.30. The fraction of sp³-hybridized carbons (Fsp3) is 0.182. The van der Waals surface area contributed by atoms with Crippen LogP contribution >= 0.6 is 0 Å². The normalized spacial score (nSPS) is 10.5. The topological polar surface area (TPSA) is 67.9 Å². The Labute approximate surface area is 105 Å². The summed E-state index contributed by atoms with van der Waals surface area (Å²) in [5.74, 6) is -5.15. The molecule has 0 amide bonds. The molecule has 2 aromatic rings. The monoisotopic (exact) mass is 271 g/mol. The Morgan fingerprint density at radius 3 is 2.47 bits per heavy atom. The molecule has 0 aliphatic carbocycles. The van der Waals surface area contributed by atoms with E-state index in [-0.39, 0.29) is 23.6 Å². The fourth-order valence-corrected chi connectivity index (χ4v) is 1.47. The summed E-state index contributed by atoms with van der Waals surface area (Å²) < 4.78 is 43.8. The fourth-order valence-electron chi connectivity index (χ4n) is 1.47. The van der Waals surface area contributed by atoms with E-state index in [1.165, 1.54) is 0 Å². The number of nitrogens with one attached hydrogen (secondary N) is 1. The Kier molecular flexibility index (Phi) is 3.50. The van der Waals surface area contributed by atoms with Crippen molar-refractivity contribution in [3.05, 3.63) is 35.3 Å². The van der Waals surface area contributed by atoms with Crippen LogP contribution in [0.2, 0.25) is 0 Å². The number of carbonyl (C=O) groups is 1. The molecule has 1 heterocycles. The number of aromatic amines is 1. The number of H-pyrrole nitrogens is 1. The van der Waals surface area contributed by atoms with E-state index in [9.17, 15) is 18.0 Å². The average Bonchev–Trinajstić information content (AvgIpc) is 2.84. The van der Waals surface area contributed by atoms with Gasteiger partial charge in [0.1, 0.15) is 5.69 Å². The zero-order valence-corrected chi connectivity index (χ0v) is 9.71. The number of nitrogens with zero attached hydrogens (tertiary/aromatic N) is 2. The predicted molar refractivity (Wildman–Crippen MR) is 57.6 cm³/mol. The highest BCUT2D eigenvalue weighted by molar-refractivity contribution is 5.93. The number of hydrogen-bond acceptors (Lipinski definition) is 4. The van der Waals surface area contributed by atoms with Crippen molar-refractivity contribution in [1.29, 1.82) is 0 Å². The maximum atomic E-state index is 13.1. The minimum absolute atomic E-state index is 0.108. The molecule has 8 heteroatoms. The first-order valence-corrected chi connectivity index (χ1v) is 5.27. The summed E-state index contributed by atoms with van der Waals surface area (Å²) >= 11 is 0. The average molecular weight is 271 g/mol. The smallest absolute Gasteiger partial charge is 0.361 e. The van der Waals surface area contributed by atoms with Crippen LogP contribution in [0.1, 0.15) is 17.4 Å². The van der Waals surface area contributed by atoms with Gasteiger partial charge >= 0.3 is 5.97 Å². The minimum atomic E-state index is -1.59. The molecule has 0 saturated carbocycles. The summed E-state index contributed by atoms with van der Waals surface area (Å²) in [6.07, 6.45) is 0. The molecule has 0 atom stereocenters. The van der Waals surface area contributed by atoms with Crippen LogP contribution in [0.25, 0.3) is 11.3 Å². The second kappa shape index (κ2) is 5.09. The first-order chi connectivity index (χ1) is 9.04. The molecule has 1 N–H and O–H groups in total. The number of ether oxygens (including phenoxy) is 1. The van der Waals surface area contributed by atoms with Gasteiger partial charge in [0, 0.05) is 5.56 Å². The number of aromatic nitrogens is 3. The summed E-state index contributed by atoms with van der Waals surface area (Å²) in [7, 11) is 0. The van der Waals surface area contributed by atoms with Crippen LogP contribution in [-0.4, -0.2) is 28.0 Å². The van der Waals surface area contributed by atoms with E-state index < -0.39 is 23.4 Å². The summed E-state index contributed by atoms with van der Waals surface area (Å²) in [6.45, 7) is 1.70. The van der Waals surface area contributed by atoms with Gasteiger partial charge in [-0.3, -0.25) is 0 Å². The molecule has 0 unspecified atom stereocenters. The second-order valence-electron chi connectivity index (χ2n) is 3.50. The van der Waals surface area contributed by atoms with Crippen LogP contribution in [0.5, 0.6) is 0 Å². The summed E-state index contributed by atoms with van der Waals surface area (Å²) in [5.41, 5.74) is -0.461. The zero-order chi connectivity index (χ0) is 14.0. The first kappa shape index (κ1) is 13.1. The number of esters is 1. The van der Waals surface area contributed by atoms with E-state index in [1.54, 1.807) is 6.92 Å². The van der Waals surface area contributed by atoms with Gasteiger partial charge in [0.05, 0.1) is 6.61 Å². The van der Waals surface area contributed by atoms with E-state index >= 15 is 0 Å². The van der Waals surface area contributed by atoms with Crippen molar-refractivity contribution in [2.45, 2.75) is 6.92 Å². The molecule has 2 rings (SSSR count). The van der Waals surface area contributed by atoms with E-state index in [0.29, 0.717) is 0 Å². The Bertz CT molecular complexity index is 604. The number of carbonyl (C=O) groups excluding carboxylic acids is 1. The molecule has 100 valence electrons. The Morgan fingerprint density at radius 2 is 1.89 bits per heavy atom. The number of hydrogen-bond donors (Lipinski definition) is 1. The van der Waals surface area contributed by atoms with Crippen molar-refractivity contribution in [2.24, 2.45) is 0 Å². The first-order valence-electron chi connectivity index (χ1n) is 5.27. The van der Waals surface area contributed by atoms with E-state index in [4.69, 9.17) is 4.74 Å². The van der Waals surface area contributed by atoms with Crippen LogP contribution in [-0.2, 0) is 4.74 Å². The predicted octanol–water partition coefficient (Wildman–Crippen LogP) is 2.07. The van der Waals surface area contributed by atoms with Crippen molar-refractivity contribution in [3.8, 4) is 11.3 Å². The van der Waals surface area contributed by atoms with Crippen molar-refractivity contribution in [3.63, 3.8) is 0 Å². The molecule has 1 aromatic carbocycles. The lowest BCUT2D eigenvalue weighted by molar-refractivity contribution is 0.0520. The van der Waals surface area contributed by atoms with Crippen LogP contribution in [0.4, 0.5) is 13.2 Å². The Morgan fingerprint density at radius 1 is 1.26 bits per heavy atom. The van der Waals surface area contributed by atoms with E-state index in [1.807, 2.05) is 0 Å². The van der Waals surface area contributed by atoms with Gasteiger partial charge in [0.2, 0.25) is 0 Å². The summed E-state index contributed by atoms with van der Waals surface area (Å²) in [6, 6.07) is 1.44. The molecular weight excluding hydrogens is 263 g/mol. The SMILES string of the molecule is CCOC(=O)c1n[nH]nc1-c1cc(F)c(F)c(F)c1. The van der Waals surface area contributed by atoms with Gasteiger partial charge in [0.25, 0.3) is 0 Å². The Balaban J connectivity index is 2.49. The highest BCUT2D eigenvalue weighted by Gasteiger charge is 2.21. The van der Waals surface area contributed by atoms with Gasteiger partial charge in [-0.25, -0.2) is 18.0 Å². The van der Waals surface area contributed by atoms with Gasteiger partial charge < -0.3 is 4.74 Å². The number of benzene rings is 1. The van der Waals surface area contributed by atoms with Crippen molar-refractivity contribution in [1.82, 2.24) is 15.4 Å². The Hall–Kier alpha value is -2.38. The molecule has 5 nitrogen and oxygen atoms in total. The quantitative estimate of drug-likeness (QED) is 0.685. The van der Waals surface area contributed by atoms with Crippen molar-refractivity contribution < 1.29 is 22.7 Å². The van der Waals surface area contributed by atoms with Gasteiger partial charge in [-0.05, 0) is 19.1 Å². The third-order valence-corrected chi connectivity index (χ3v) is 2.27. The molecule has 1 aromatic heterocycles. The van der Waals surface area contributed by atoms with Gasteiger partial charge in [0.15, 0.2) is 23.1 Å². The lowest BCUT2D eigenvalue weighted by Crippen LogP contribution is -2.07. The van der Waals surface area contributed by atoms with Gasteiger partial charge in [-0.15, -0.1) is 5.10 Å². The van der Waals surface area contributed by atoms with Crippen LogP contribution in [0.3, 0.4) is 0 Å². The third kappa shape index (κ3) is 2.42. The highest BCUT2D eigenvalue weighted by atomic mass is 19.2. The second-order valence-corrected chi connectivity index (χ2v) is 3.50. The number of rotatable bonds is 3. The standard InChI is InChI=1S/C11H8F3N3O2/c1-2-19-11(18)10-9(15-17-16-10)5-3-6(12)8(14)7(13)4-5/h3-4H,2H2,1H3,(H,15,16,17). The van der Waals surface area contributed by atoms with Crippen LogP contribution in [0.15, 0.2) is 12.1 Å². The number of halogens is 3. The maximum absolute atomic E-state index is 13.1. The molecule has 0 bridgehead atoms. The molecule has 0 fully saturated rings. The molecule has 0 spiro atoms. The molecule has 19 heavy (non-hydrogen) atoms. The molecule has 0 saturated heterocycles. The largest absolute Gasteiger partial charge is 0.461 e. The maximum Gasteiger partial charge on any atom is 0.361 e. The molecular formula is C11H8F3N3O2. The lowest BCUT2D eigenvalue weighted by Gasteiger charge is -2.02. The third-order valence-electron chi connectivity index (χ3n) is 2.27. The molecule has 0 radical (unpaired) electrons. The van der Waals surface area contributed by atoms with E-state index in [0.717, 1.165) is 12.1 Å². The van der Waals surface area contributed by atoms with Gasteiger partial charge in [-0.1, -0.05) is 0 Å². The van der Waals surface area contributed by atoms with Crippen LogP contribution in [0, 0.1) is 17.5 Å². The van der Waals surface area contributed by atoms with Crippen molar-refractivity contribution >= 4 is 5.97 Å². The molecule has 0 aliphatic heterocycles.